The second kappa shape index (κ2) is 5.46. The minimum absolute atomic E-state index is 0.106. The van der Waals surface area contributed by atoms with Gasteiger partial charge in [0.2, 0.25) is 0 Å². The van der Waals surface area contributed by atoms with Crippen LogP contribution in [0.2, 0.25) is 0 Å². The number of halogens is 4. The third-order valence-electron chi connectivity index (χ3n) is 2.34. The quantitative estimate of drug-likeness (QED) is 0.805. The lowest BCUT2D eigenvalue weighted by molar-refractivity contribution is -0.137. The van der Waals surface area contributed by atoms with Crippen LogP contribution in [0.3, 0.4) is 0 Å². The fourth-order valence-corrected chi connectivity index (χ4v) is 1.56. The average molecular weight is 250 g/mol. The predicted molar refractivity (Wildman–Crippen MR) is 56.9 cm³/mol. The molecule has 0 radical (unpaired) electrons. The number of hydrogen-bond acceptors (Lipinski definition) is 2. The molecular weight excluding hydrogens is 236 g/mol. The highest BCUT2D eigenvalue weighted by Crippen LogP contribution is 2.31. The first-order valence-electron chi connectivity index (χ1n) is 5.19. The van der Waals surface area contributed by atoms with Crippen molar-refractivity contribution in [3.8, 4) is 0 Å². The summed E-state index contributed by atoms with van der Waals surface area (Å²) < 4.78 is 50.6. The molecule has 0 heterocycles. The molecule has 6 heteroatoms. The maximum Gasteiger partial charge on any atom is 0.416 e. The van der Waals surface area contributed by atoms with E-state index in [2.05, 4.69) is 5.32 Å². The van der Waals surface area contributed by atoms with Gasteiger partial charge in [0.25, 0.3) is 0 Å². The van der Waals surface area contributed by atoms with E-state index >= 15 is 0 Å². The summed E-state index contributed by atoms with van der Waals surface area (Å²) in [6.07, 6.45) is -4.55. The Morgan fingerprint density at radius 1 is 1.29 bits per heavy atom. The molecule has 0 bridgehead atoms. The van der Waals surface area contributed by atoms with Crippen LogP contribution in [0.5, 0.6) is 0 Å². The number of nitrogens with two attached hydrogens (primary N) is 1. The minimum Gasteiger partial charge on any atom is -0.329 e. The van der Waals surface area contributed by atoms with Gasteiger partial charge >= 0.3 is 6.18 Å². The van der Waals surface area contributed by atoms with Gasteiger partial charge in [-0.2, -0.15) is 13.2 Å². The number of alkyl halides is 3. The zero-order chi connectivity index (χ0) is 13.1. The molecule has 1 aromatic carbocycles. The van der Waals surface area contributed by atoms with Crippen molar-refractivity contribution in [1.29, 1.82) is 0 Å². The van der Waals surface area contributed by atoms with Crippen LogP contribution in [0.25, 0.3) is 0 Å². The first-order chi connectivity index (χ1) is 7.88. The van der Waals surface area contributed by atoms with Crippen LogP contribution in [0.4, 0.5) is 17.6 Å². The summed E-state index contributed by atoms with van der Waals surface area (Å²) in [5.41, 5.74) is 4.65. The molecule has 2 nitrogen and oxygen atoms in total. The maximum atomic E-state index is 13.1. The lowest BCUT2D eigenvalue weighted by atomic mass is 10.0. The Balaban J connectivity index is 3.12. The van der Waals surface area contributed by atoms with E-state index in [9.17, 15) is 17.6 Å². The van der Waals surface area contributed by atoms with Gasteiger partial charge in [0.05, 0.1) is 5.56 Å². The molecule has 0 aliphatic carbocycles. The maximum absolute atomic E-state index is 13.1. The van der Waals surface area contributed by atoms with Crippen LogP contribution < -0.4 is 11.1 Å². The lowest BCUT2D eigenvalue weighted by Gasteiger charge is -2.18. The zero-order valence-corrected chi connectivity index (χ0v) is 9.31. The molecule has 0 saturated carbocycles. The summed E-state index contributed by atoms with van der Waals surface area (Å²) in [5, 5.41) is 2.90. The molecule has 0 fully saturated rings. The molecule has 1 rings (SSSR count). The van der Waals surface area contributed by atoms with Crippen LogP contribution in [0, 0.1) is 5.82 Å². The summed E-state index contributed by atoms with van der Waals surface area (Å²) >= 11 is 0. The van der Waals surface area contributed by atoms with Crippen molar-refractivity contribution in [2.75, 3.05) is 13.1 Å². The second-order valence-electron chi connectivity index (χ2n) is 3.62. The van der Waals surface area contributed by atoms with Gasteiger partial charge in [-0.25, -0.2) is 4.39 Å². The van der Waals surface area contributed by atoms with Crippen LogP contribution in [0.1, 0.15) is 24.1 Å². The Morgan fingerprint density at radius 2 is 1.94 bits per heavy atom. The Morgan fingerprint density at radius 3 is 2.41 bits per heavy atom. The van der Waals surface area contributed by atoms with Crippen molar-refractivity contribution < 1.29 is 17.6 Å². The van der Waals surface area contributed by atoms with E-state index in [0.717, 1.165) is 12.1 Å². The van der Waals surface area contributed by atoms with E-state index < -0.39 is 23.6 Å². The predicted octanol–water partition coefficient (Wildman–Crippen LogP) is 2.45. The molecule has 0 spiro atoms. The number of nitrogens with one attached hydrogen (secondary N) is 1. The van der Waals surface area contributed by atoms with Crippen molar-refractivity contribution >= 4 is 0 Å². The van der Waals surface area contributed by atoms with E-state index in [-0.39, 0.29) is 12.1 Å². The topological polar surface area (TPSA) is 38.0 Å². The molecule has 0 amide bonds. The molecule has 17 heavy (non-hydrogen) atoms. The number of hydrogen-bond donors (Lipinski definition) is 2. The van der Waals surface area contributed by atoms with Crippen LogP contribution in [-0.4, -0.2) is 13.1 Å². The Labute approximate surface area is 96.8 Å². The van der Waals surface area contributed by atoms with Crippen LogP contribution >= 0.6 is 0 Å². The molecule has 1 aromatic rings. The Kier molecular flexibility index (Phi) is 4.47. The Bertz CT molecular complexity index is 376. The first-order valence-corrected chi connectivity index (χ1v) is 5.19. The number of likely N-dealkylation sites (N-methyl/N-ethyl adjacent to an activating group) is 1. The molecule has 1 unspecified atom stereocenters. The van der Waals surface area contributed by atoms with Gasteiger partial charge in [-0.05, 0) is 30.3 Å². The number of benzene rings is 1. The molecule has 3 N–H and O–H groups in total. The fourth-order valence-electron chi connectivity index (χ4n) is 1.56. The summed E-state index contributed by atoms with van der Waals surface area (Å²) in [6, 6.07) is 1.98. The van der Waals surface area contributed by atoms with Crippen molar-refractivity contribution in [3.63, 3.8) is 0 Å². The SMILES string of the molecule is CCNC(CN)c1cc(F)cc(C(F)(F)F)c1. The average Bonchev–Trinajstić information content (AvgIpc) is 2.23. The van der Waals surface area contributed by atoms with Gasteiger partial charge in [-0.15, -0.1) is 0 Å². The van der Waals surface area contributed by atoms with Gasteiger partial charge in [0, 0.05) is 12.6 Å². The molecule has 0 saturated heterocycles. The summed E-state index contributed by atoms with van der Waals surface area (Å²) in [7, 11) is 0. The van der Waals surface area contributed by atoms with Crippen molar-refractivity contribution in [2.45, 2.75) is 19.1 Å². The molecule has 0 aliphatic rings. The van der Waals surface area contributed by atoms with E-state index in [4.69, 9.17) is 5.73 Å². The molecule has 1 atom stereocenters. The van der Waals surface area contributed by atoms with Gasteiger partial charge in [-0.1, -0.05) is 6.92 Å². The van der Waals surface area contributed by atoms with Gasteiger partial charge in [-0.3, -0.25) is 0 Å². The largest absolute Gasteiger partial charge is 0.416 e. The normalized spacial score (nSPS) is 13.8. The number of rotatable bonds is 4. The van der Waals surface area contributed by atoms with Crippen molar-refractivity contribution in [2.24, 2.45) is 5.73 Å². The van der Waals surface area contributed by atoms with Crippen molar-refractivity contribution in [3.05, 3.63) is 35.1 Å². The second-order valence-corrected chi connectivity index (χ2v) is 3.62. The third kappa shape index (κ3) is 3.67. The van der Waals surface area contributed by atoms with E-state index in [1.54, 1.807) is 6.92 Å². The lowest BCUT2D eigenvalue weighted by Crippen LogP contribution is -2.28. The van der Waals surface area contributed by atoms with Crippen LogP contribution in [0.15, 0.2) is 18.2 Å². The molecule has 96 valence electrons. The van der Waals surface area contributed by atoms with E-state index in [1.807, 2.05) is 0 Å². The highest BCUT2D eigenvalue weighted by Gasteiger charge is 2.31. The van der Waals surface area contributed by atoms with E-state index in [0.29, 0.717) is 12.6 Å². The zero-order valence-electron chi connectivity index (χ0n) is 9.31. The van der Waals surface area contributed by atoms with E-state index in [1.165, 1.54) is 0 Å². The van der Waals surface area contributed by atoms with Crippen molar-refractivity contribution in [1.82, 2.24) is 5.32 Å². The minimum atomic E-state index is -4.55. The van der Waals surface area contributed by atoms with Gasteiger partial charge in [0.15, 0.2) is 0 Å². The summed E-state index contributed by atoms with van der Waals surface area (Å²) in [4.78, 5) is 0. The standard InChI is InChI=1S/C11H14F4N2/c1-2-17-10(6-16)7-3-8(11(13,14)15)5-9(12)4-7/h3-5,10,17H,2,6,16H2,1H3. The highest BCUT2D eigenvalue weighted by molar-refractivity contribution is 5.29. The fraction of sp³-hybridized carbons (Fsp3) is 0.455. The summed E-state index contributed by atoms with van der Waals surface area (Å²) in [6.45, 7) is 2.45. The molecular formula is C11H14F4N2. The van der Waals surface area contributed by atoms with Crippen LogP contribution in [-0.2, 0) is 6.18 Å². The summed E-state index contributed by atoms with van der Waals surface area (Å²) in [5.74, 6) is -0.911. The first kappa shape index (κ1) is 13.9. The van der Waals surface area contributed by atoms with Gasteiger partial charge in [0.1, 0.15) is 5.82 Å². The Hall–Kier alpha value is -1.14. The van der Waals surface area contributed by atoms with Gasteiger partial charge < -0.3 is 11.1 Å². The third-order valence-corrected chi connectivity index (χ3v) is 2.34. The molecule has 0 aliphatic heterocycles. The highest BCUT2D eigenvalue weighted by atomic mass is 19.4. The molecule has 0 aromatic heterocycles. The smallest absolute Gasteiger partial charge is 0.329 e. The monoisotopic (exact) mass is 250 g/mol.